The first-order valence-corrected chi connectivity index (χ1v) is 9.15. The molecule has 0 atom stereocenters. The minimum atomic E-state index is 0.770. The molecular formula is C20H31N5. The second-order valence-electron chi connectivity index (χ2n) is 6.55. The van der Waals surface area contributed by atoms with E-state index in [1.54, 1.807) is 0 Å². The molecule has 0 unspecified atom stereocenters. The van der Waals surface area contributed by atoms with Crippen molar-refractivity contribution in [3.8, 4) is 0 Å². The molecule has 0 saturated heterocycles. The molecule has 0 spiro atoms. The van der Waals surface area contributed by atoms with Crippen LogP contribution in [0.1, 0.15) is 37.2 Å². The molecule has 0 amide bonds. The standard InChI is InChI=1S/C20H31N5/c1-6-16-10-8-11-17(7-2)20(16)24-19-14-18(22-15(3)23-19)21-12-9-13-25(4)5/h8,10-11,14H,6-7,9,12-13H2,1-5H3,(H2,21,22,23,24). The van der Waals surface area contributed by atoms with Gasteiger partial charge in [-0.15, -0.1) is 0 Å². The predicted octanol–water partition coefficient (Wildman–Crippen LogP) is 4.02. The van der Waals surface area contributed by atoms with Crippen molar-refractivity contribution >= 4 is 17.3 Å². The molecule has 5 nitrogen and oxygen atoms in total. The van der Waals surface area contributed by atoms with Crippen molar-refractivity contribution < 1.29 is 0 Å². The minimum Gasteiger partial charge on any atom is -0.370 e. The summed E-state index contributed by atoms with van der Waals surface area (Å²) in [5.41, 5.74) is 3.82. The first kappa shape index (κ1) is 19.2. The summed E-state index contributed by atoms with van der Waals surface area (Å²) < 4.78 is 0. The Kier molecular flexibility index (Phi) is 7.19. The summed E-state index contributed by atoms with van der Waals surface area (Å²) in [5, 5.41) is 6.94. The quantitative estimate of drug-likeness (QED) is 0.675. The molecule has 5 heteroatoms. The monoisotopic (exact) mass is 341 g/mol. The molecule has 0 aliphatic rings. The number of rotatable bonds is 9. The molecule has 2 N–H and O–H groups in total. The van der Waals surface area contributed by atoms with Gasteiger partial charge in [0, 0.05) is 18.3 Å². The van der Waals surface area contributed by atoms with E-state index >= 15 is 0 Å². The van der Waals surface area contributed by atoms with E-state index in [-0.39, 0.29) is 0 Å². The molecule has 1 heterocycles. The molecule has 0 aliphatic heterocycles. The zero-order chi connectivity index (χ0) is 18.2. The van der Waals surface area contributed by atoms with E-state index in [9.17, 15) is 0 Å². The van der Waals surface area contributed by atoms with Gasteiger partial charge in [0.1, 0.15) is 17.5 Å². The van der Waals surface area contributed by atoms with Gasteiger partial charge in [-0.1, -0.05) is 32.0 Å². The maximum Gasteiger partial charge on any atom is 0.136 e. The first-order valence-electron chi connectivity index (χ1n) is 9.15. The van der Waals surface area contributed by atoms with E-state index in [1.165, 1.54) is 16.8 Å². The van der Waals surface area contributed by atoms with E-state index in [1.807, 2.05) is 13.0 Å². The highest BCUT2D eigenvalue weighted by atomic mass is 15.1. The SMILES string of the molecule is CCc1cccc(CC)c1Nc1cc(NCCCN(C)C)nc(C)n1. The second kappa shape index (κ2) is 9.37. The summed E-state index contributed by atoms with van der Waals surface area (Å²) in [6.07, 6.45) is 3.07. The van der Waals surface area contributed by atoms with Gasteiger partial charge in [-0.2, -0.15) is 0 Å². The third-order valence-corrected chi connectivity index (χ3v) is 4.18. The Hall–Kier alpha value is -2.14. The Morgan fingerprint density at radius 1 is 1.00 bits per heavy atom. The predicted molar refractivity (Wildman–Crippen MR) is 107 cm³/mol. The van der Waals surface area contributed by atoms with Crippen LogP contribution >= 0.6 is 0 Å². The van der Waals surface area contributed by atoms with Gasteiger partial charge in [0.2, 0.25) is 0 Å². The fourth-order valence-corrected chi connectivity index (χ4v) is 2.87. The molecule has 0 bridgehead atoms. The van der Waals surface area contributed by atoms with Gasteiger partial charge < -0.3 is 15.5 Å². The van der Waals surface area contributed by atoms with E-state index in [0.29, 0.717) is 0 Å². The smallest absolute Gasteiger partial charge is 0.136 e. The van der Waals surface area contributed by atoms with E-state index in [0.717, 1.165) is 49.8 Å². The maximum atomic E-state index is 4.57. The Balaban J connectivity index is 2.15. The number of nitrogens with zero attached hydrogens (tertiary/aromatic N) is 3. The molecule has 1 aromatic carbocycles. The van der Waals surface area contributed by atoms with Crippen molar-refractivity contribution in [1.29, 1.82) is 0 Å². The minimum absolute atomic E-state index is 0.770. The van der Waals surface area contributed by atoms with Crippen LogP contribution in [0, 0.1) is 6.92 Å². The lowest BCUT2D eigenvalue weighted by atomic mass is 10.0. The van der Waals surface area contributed by atoms with Crippen molar-refractivity contribution in [1.82, 2.24) is 14.9 Å². The number of benzene rings is 1. The molecule has 25 heavy (non-hydrogen) atoms. The van der Waals surface area contributed by atoms with Crippen LogP contribution in [0.5, 0.6) is 0 Å². The number of hydrogen-bond acceptors (Lipinski definition) is 5. The summed E-state index contributed by atoms with van der Waals surface area (Å²) >= 11 is 0. The van der Waals surface area contributed by atoms with Crippen LogP contribution in [0.25, 0.3) is 0 Å². The molecule has 2 aromatic rings. The molecule has 136 valence electrons. The van der Waals surface area contributed by atoms with Crippen molar-refractivity contribution in [2.45, 2.75) is 40.0 Å². The van der Waals surface area contributed by atoms with Crippen molar-refractivity contribution in [2.75, 3.05) is 37.8 Å². The third-order valence-electron chi connectivity index (χ3n) is 4.18. The lowest BCUT2D eigenvalue weighted by Gasteiger charge is -2.16. The van der Waals surface area contributed by atoms with Crippen molar-refractivity contribution in [3.63, 3.8) is 0 Å². The number of nitrogens with one attached hydrogen (secondary N) is 2. The third kappa shape index (κ3) is 5.71. The van der Waals surface area contributed by atoms with E-state index in [2.05, 4.69) is 71.6 Å². The average Bonchev–Trinajstić information content (AvgIpc) is 2.58. The van der Waals surface area contributed by atoms with Crippen LogP contribution in [-0.4, -0.2) is 42.1 Å². The zero-order valence-corrected chi connectivity index (χ0v) is 16.2. The molecule has 0 radical (unpaired) electrons. The van der Waals surface area contributed by atoms with Gasteiger partial charge in [0.05, 0.1) is 0 Å². The van der Waals surface area contributed by atoms with Gasteiger partial charge in [0.15, 0.2) is 0 Å². The Morgan fingerprint density at radius 3 is 2.24 bits per heavy atom. The van der Waals surface area contributed by atoms with Crippen LogP contribution in [0.2, 0.25) is 0 Å². The summed E-state index contributed by atoms with van der Waals surface area (Å²) in [4.78, 5) is 11.3. The highest BCUT2D eigenvalue weighted by molar-refractivity contribution is 5.66. The Labute approximate surface area is 151 Å². The van der Waals surface area contributed by atoms with Gasteiger partial charge >= 0.3 is 0 Å². The van der Waals surface area contributed by atoms with E-state index < -0.39 is 0 Å². The van der Waals surface area contributed by atoms with Crippen LogP contribution in [0.4, 0.5) is 17.3 Å². The van der Waals surface area contributed by atoms with Crippen LogP contribution < -0.4 is 10.6 Å². The van der Waals surface area contributed by atoms with Gasteiger partial charge in [-0.3, -0.25) is 0 Å². The number of aryl methyl sites for hydroxylation is 3. The van der Waals surface area contributed by atoms with Crippen LogP contribution in [0.15, 0.2) is 24.3 Å². The number of hydrogen-bond donors (Lipinski definition) is 2. The van der Waals surface area contributed by atoms with Gasteiger partial charge in [-0.05, 0) is 58.0 Å². The maximum absolute atomic E-state index is 4.57. The fourth-order valence-electron chi connectivity index (χ4n) is 2.87. The zero-order valence-electron chi connectivity index (χ0n) is 16.2. The first-order chi connectivity index (χ1) is 12.0. The topological polar surface area (TPSA) is 53.1 Å². The molecule has 0 fully saturated rings. The summed E-state index contributed by atoms with van der Waals surface area (Å²) in [5.74, 6) is 2.49. The summed E-state index contributed by atoms with van der Waals surface area (Å²) in [6.45, 7) is 8.26. The molecular weight excluding hydrogens is 310 g/mol. The molecule has 0 saturated carbocycles. The summed E-state index contributed by atoms with van der Waals surface area (Å²) in [7, 11) is 4.18. The van der Waals surface area contributed by atoms with E-state index in [4.69, 9.17) is 0 Å². The Bertz CT molecular complexity index is 660. The fraction of sp³-hybridized carbons (Fsp3) is 0.500. The number of anilines is 3. The molecule has 2 rings (SSSR count). The highest BCUT2D eigenvalue weighted by Gasteiger charge is 2.09. The molecule has 0 aliphatic carbocycles. The highest BCUT2D eigenvalue weighted by Crippen LogP contribution is 2.26. The normalized spacial score (nSPS) is 11.0. The average molecular weight is 342 g/mol. The lowest BCUT2D eigenvalue weighted by Crippen LogP contribution is -2.17. The van der Waals surface area contributed by atoms with Crippen LogP contribution in [-0.2, 0) is 12.8 Å². The molecule has 1 aromatic heterocycles. The second-order valence-corrected chi connectivity index (χ2v) is 6.55. The van der Waals surface area contributed by atoms with Crippen molar-refractivity contribution in [3.05, 3.63) is 41.2 Å². The lowest BCUT2D eigenvalue weighted by molar-refractivity contribution is 0.405. The van der Waals surface area contributed by atoms with Crippen molar-refractivity contribution in [2.24, 2.45) is 0 Å². The Morgan fingerprint density at radius 2 is 1.64 bits per heavy atom. The van der Waals surface area contributed by atoms with Gasteiger partial charge in [-0.25, -0.2) is 9.97 Å². The number of aromatic nitrogens is 2. The van der Waals surface area contributed by atoms with Crippen LogP contribution in [0.3, 0.4) is 0 Å². The largest absolute Gasteiger partial charge is 0.370 e. The summed E-state index contributed by atoms with van der Waals surface area (Å²) in [6, 6.07) is 8.48. The van der Waals surface area contributed by atoms with Gasteiger partial charge in [0.25, 0.3) is 0 Å². The number of para-hydroxylation sites is 1.